The van der Waals surface area contributed by atoms with E-state index in [0.29, 0.717) is 17.1 Å². The number of hydrogen-bond acceptors (Lipinski definition) is 6. The van der Waals surface area contributed by atoms with E-state index in [1.165, 1.54) is 0 Å². The van der Waals surface area contributed by atoms with Crippen LogP contribution in [-0.2, 0) is 14.3 Å². The third-order valence-corrected chi connectivity index (χ3v) is 3.86. The molecular formula is C13H13N3O3S. The van der Waals surface area contributed by atoms with Crippen LogP contribution in [0.1, 0.15) is 13.3 Å². The molecular weight excluding hydrogens is 278 g/mol. The third-order valence-electron chi connectivity index (χ3n) is 3.32. The Labute approximate surface area is 119 Å². The molecule has 1 aliphatic rings. The molecule has 0 aliphatic heterocycles. The number of anilines is 1. The highest BCUT2D eigenvalue weighted by Gasteiger charge is 2.40. The second kappa shape index (κ2) is 5.16. The first-order valence-electron chi connectivity index (χ1n) is 6.33. The molecule has 1 N–H and O–H groups in total. The van der Waals surface area contributed by atoms with Crippen LogP contribution < -0.4 is 5.32 Å². The predicted octanol–water partition coefficient (Wildman–Crippen LogP) is 1.83. The van der Waals surface area contributed by atoms with Crippen LogP contribution in [0.15, 0.2) is 18.2 Å². The SMILES string of the molecule is C[C@H]1C[C@H]1C(=O)OCC(=O)Nc1cccc2nsnc12. The van der Waals surface area contributed by atoms with Gasteiger partial charge < -0.3 is 10.1 Å². The first-order valence-corrected chi connectivity index (χ1v) is 7.06. The maximum atomic E-state index is 11.8. The molecule has 0 bridgehead atoms. The van der Waals surface area contributed by atoms with Gasteiger partial charge in [-0.15, -0.1) is 0 Å². The molecule has 20 heavy (non-hydrogen) atoms. The summed E-state index contributed by atoms with van der Waals surface area (Å²) in [7, 11) is 0. The van der Waals surface area contributed by atoms with Crippen molar-refractivity contribution in [2.24, 2.45) is 11.8 Å². The van der Waals surface area contributed by atoms with Gasteiger partial charge in [0.05, 0.1) is 23.3 Å². The topological polar surface area (TPSA) is 81.2 Å². The Bertz CT molecular complexity index is 670. The van der Waals surface area contributed by atoms with E-state index in [1.807, 2.05) is 13.0 Å². The van der Waals surface area contributed by atoms with E-state index in [0.717, 1.165) is 23.7 Å². The van der Waals surface area contributed by atoms with E-state index in [2.05, 4.69) is 14.1 Å². The molecule has 0 radical (unpaired) electrons. The second-order valence-electron chi connectivity index (χ2n) is 4.91. The summed E-state index contributed by atoms with van der Waals surface area (Å²) in [6.45, 7) is 1.72. The van der Waals surface area contributed by atoms with Gasteiger partial charge in [-0.3, -0.25) is 9.59 Å². The molecule has 0 unspecified atom stereocenters. The lowest BCUT2D eigenvalue weighted by Crippen LogP contribution is -2.21. The molecule has 1 saturated carbocycles. The molecule has 1 aromatic carbocycles. The fourth-order valence-electron chi connectivity index (χ4n) is 1.99. The van der Waals surface area contributed by atoms with Crippen molar-refractivity contribution < 1.29 is 14.3 Å². The van der Waals surface area contributed by atoms with Crippen molar-refractivity contribution in [1.82, 2.24) is 8.75 Å². The molecule has 1 aliphatic carbocycles. The lowest BCUT2D eigenvalue weighted by atomic mass is 10.2. The molecule has 104 valence electrons. The molecule has 2 aromatic rings. The smallest absolute Gasteiger partial charge is 0.309 e. The van der Waals surface area contributed by atoms with Gasteiger partial charge in [-0.1, -0.05) is 13.0 Å². The minimum Gasteiger partial charge on any atom is -0.455 e. The predicted molar refractivity (Wildman–Crippen MR) is 74.3 cm³/mol. The Hall–Kier alpha value is -2.02. The summed E-state index contributed by atoms with van der Waals surface area (Å²) in [6, 6.07) is 5.35. The number of ether oxygens (including phenoxy) is 1. The van der Waals surface area contributed by atoms with E-state index in [9.17, 15) is 9.59 Å². The molecule has 1 heterocycles. The van der Waals surface area contributed by atoms with E-state index >= 15 is 0 Å². The number of nitrogens with one attached hydrogen (secondary N) is 1. The molecule has 1 amide bonds. The van der Waals surface area contributed by atoms with E-state index in [4.69, 9.17) is 4.74 Å². The van der Waals surface area contributed by atoms with Gasteiger partial charge in [-0.2, -0.15) is 8.75 Å². The number of esters is 1. The zero-order valence-corrected chi connectivity index (χ0v) is 11.6. The van der Waals surface area contributed by atoms with Crippen LogP contribution in [0.3, 0.4) is 0 Å². The number of carbonyl (C=O) groups excluding carboxylic acids is 2. The van der Waals surface area contributed by atoms with Gasteiger partial charge in [0.2, 0.25) is 0 Å². The first-order chi connectivity index (χ1) is 9.65. The van der Waals surface area contributed by atoms with Crippen LogP contribution in [0.5, 0.6) is 0 Å². The zero-order valence-electron chi connectivity index (χ0n) is 10.8. The zero-order chi connectivity index (χ0) is 14.1. The number of amides is 1. The molecule has 0 saturated heterocycles. The highest BCUT2D eigenvalue weighted by Crippen LogP contribution is 2.38. The lowest BCUT2D eigenvalue weighted by molar-refractivity contribution is -0.148. The number of benzene rings is 1. The Kier molecular flexibility index (Phi) is 3.35. The van der Waals surface area contributed by atoms with Crippen molar-refractivity contribution in [3.63, 3.8) is 0 Å². The fourth-order valence-corrected chi connectivity index (χ4v) is 2.54. The third kappa shape index (κ3) is 2.62. The summed E-state index contributed by atoms with van der Waals surface area (Å²) in [5.74, 6) is -0.317. The van der Waals surface area contributed by atoms with Crippen LogP contribution in [0.4, 0.5) is 5.69 Å². The number of nitrogens with zero attached hydrogens (tertiary/aromatic N) is 2. The van der Waals surface area contributed by atoms with Gasteiger partial charge in [0.15, 0.2) is 6.61 Å². The van der Waals surface area contributed by atoms with Crippen LogP contribution in [0.25, 0.3) is 11.0 Å². The highest BCUT2D eigenvalue weighted by molar-refractivity contribution is 7.00. The van der Waals surface area contributed by atoms with Gasteiger partial charge in [0.25, 0.3) is 5.91 Å². The van der Waals surface area contributed by atoms with Gasteiger partial charge >= 0.3 is 5.97 Å². The van der Waals surface area contributed by atoms with Crippen LogP contribution >= 0.6 is 11.7 Å². The maximum Gasteiger partial charge on any atom is 0.309 e. The molecule has 1 aromatic heterocycles. The quantitative estimate of drug-likeness (QED) is 0.869. The summed E-state index contributed by atoms with van der Waals surface area (Å²) >= 11 is 1.09. The van der Waals surface area contributed by atoms with Crippen LogP contribution in [0.2, 0.25) is 0 Å². The summed E-state index contributed by atoms with van der Waals surface area (Å²) in [5, 5.41) is 2.68. The average Bonchev–Trinajstić information content (AvgIpc) is 2.97. The summed E-state index contributed by atoms with van der Waals surface area (Å²) in [6.07, 6.45) is 0.851. The van der Waals surface area contributed by atoms with Gasteiger partial charge in [0, 0.05) is 0 Å². The number of carbonyl (C=O) groups is 2. The number of aromatic nitrogens is 2. The van der Waals surface area contributed by atoms with Crippen molar-refractivity contribution in [1.29, 1.82) is 0 Å². The maximum absolute atomic E-state index is 11.8. The van der Waals surface area contributed by atoms with Gasteiger partial charge in [-0.05, 0) is 24.5 Å². The highest BCUT2D eigenvalue weighted by atomic mass is 32.1. The fraction of sp³-hybridized carbons (Fsp3) is 0.385. The lowest BCUT2D eigenvalue weighted by Gasteiger charge is -2.06. The van der Waals surface area contributed by atoms with E-state index < -0.39 is 0 Å². The summed E-state index contributed by atoms with van der Waals surface area (Å²) in [5.41, 5.74) is 1.96. The molecule has 6 nitrogen and oxygen atoms in total. The normalized spacial score (nSPS) is 20.6. The molecule has 7 heteroatoms. The molecule has 0 spiro atoms. The Morgan fingerprint density at radius 1 is 1.45 bits per heavy atom. The second-order valence-corrected chi connectivity index (χ2v) is 5.44. The van der Waals surface area contributed by atoms with Crippen molar-refractivity contribution in [3.05, 3.63) is 18.2 Å². The van der Waals surface area contributed by atoms with Gasteiger partial charge in [0.1, 0.15) is 11.0 Å². The number of hydrogen-bond donors (Lipinski definition) is 1. The Balaban J connectivity index is 1.58. The standard InChI is InChI=1S/C13H13N3O3S/c1-7-5-8(7)13(18)19-6-11(17)14-9-3-2-4-10-12(9)16-20-15-10/h2-4,7-8H,5-6H2,1H3,(H,14,17)/t7-,8+/m0/s1. The van der Waals surface area contributed by atoms with E-state index in [1.54, 1.807) is 12.1 Å². The Morgan fingerprint density at radius 3 is 3.00 bits per heavy atom. The largest absolute Gasteiger partial charge is 0.455 e. The van der Waals surface area contributed by atoms with Crippen molar-refractivity contribution in [3.8, 4) is 0 Å². The van der Waals surface area contributed by atoms with Crippen molar-refractivity contribution >= 4 is 40.3 Å². The summed E-state index contributed by atoms with van der Waals surface area (Å²) in [4.78, 5) is 23.3. The molecule has 2 atom stereocenters. The number of fused-ring (bicyclic) bond motifs is 1. The molecule has 1 fully saturated rings. The monoisotopic (exact) mass is 291 g/mol. The summed E-state index contributed by atoms with van der Waals surface area (Å²) < 4.78 is 13.2. The van der Waals surface area contributed by atoms with Crippen molar-refractivity contribution in [2.45, 2.75) is 13.3 Å². The minimum atomic E-state index is -0.368. The van der Waals surface area contributed by atoms with E-state index in [-0.39, 0.29) is 24.4 Å². The Morgan fingerprint density at radius 2 is 2.25 bits per heavy atom. The molecule has 3 rings (SSSR count). The number of rotatable bonds is 4. The average molecular weight is 291 g/mol. The minimum absolute atomic E-state index is 0.0334. The first kappa shape index (κ1) is 13.0. The van der Waals surface area contributed by atoms with Gasteiger partial charge in [-0.25, -0.2) is 0 Å². The van der Waals surface area contributed by atoms with Crippen LogP contribution in [0, 0.1) is 11.8 Å². The van der Waals surface area contributed by atoms with Crippen LogP contribution in [-0.4, -0.2) is 27.2 Å². The van der Waals surface area contributed by atoms with Crippen molar-refractivity contribution in [2.75, 3.05) is 11.9 Å².